The van der Waals surface area contributed by atoms with E-state index in [9.17, 15) is 13.6 Å². The highest BCUT2D eigenvalue weighted by atomic mass is 32.1. The van der Waals surface area contributed by atoms with Crippen molar-refractivity contribution in [2.75, 3.05) is 7.11 Å². The Morgan fingerprint density at radius 3 is 2.46 bits per heavy atom. The van der Waals surface area contributed by atoms with Crippen LogP contribution in [0.2, 0.25) is 0 Å². The summed E-state index contributed by atoms with van der Waals surface area (Å²) in [6.07, 6.45) is 0. The quantitative estimate of drug-likeness (QED) is 0.746. The number of ether oxygens (including phenoxy) is 1. The summed E-state index contributed by atoms with van der Waals surface area (Å²) in [5.41, 5.74) is -0.401. The molecular formula is C8H6F2O2S. The molecule has 0 fully saturated rings. The highest BCUT2D eigenvalue weighted by Gasteiger charge is 2.16. The third kappa shape index (κ3) is 1.80. The lowest BCUT2D eigenvalue weighted by atomic mass is 10.2. The zero-order valence-corrected chi connectivity index (χ0v) is 7.57. The maximum Gasteiger partial charge on any atom is 0.219 e. The van der Waals surface area contributed by atoms with Crippen molar-refractivity contribution in [2.45, 2.75) is 0 Å². The molecule has 70 valence electrons. The molecule has 1 rings (SSSR count). The first-order valence-corrected chi connectivity index (χ1v) is 3.78. The van der Waals surface area contributed by atoms with Gasteiger partial charge in [0, 0.05) is 0 Å². The summed E-state index contributed by atoms with van der Waals surface area (Å²) in [7, 11) is 1.21. The molecule has 0 radical (unpaired) electrons. The van der Waals surface area contributed by atoms with E-state index in [2.05, 4.69) is 17.4 Å². The molecule has 0 amide bonds. The van der Waals surface area contributed by atoms with E-state index in [0.717, 1.165) is 6.07 Å². The van der Waals surface area contributed by atoms with Gasteiger partial charge in [-0.05, 0) is 12.1 Å². The summed E-state index contributed by atoms with van der Waals surface area (Å²) in [5, 5.41) is -0.820. The number of thiol groups is 1. The lowest BCUT2D eigenvalue weighted by molar-refractivity contribution is 0.108. The summed E-state index contributed by atoms with van der Waals surface area (Å²) in [6, 6.07) is 2.29. The molecule has 1 aromatic rings. The molecule has 0 atom stereocenters. The molecule has 0 unspecified atom stereocenters. The van der Waals surface area contributed by atoms with Crippen LogP contribution in [0, 0.1) is 11.6 Å². The molecule has 0 aliphatic rings. The molecule has 13 heavy (non-hydrogen) atoms. The van der Waals surface area contributed by atoms with Gasteiger partial charge < -0.3 is 4.74 Å². The molecule has 5 heteroatoms. The molecule has 0 saturated heterocycles. The van der Waals surface area contributed by atoms with E-state index in [1.54, 1.807) is 0 Å². The van der Waals surface area contributed by atoms with Gasteiger partial charge in [-0.3, -0.25) is 4.79 Å². The zero-order valence-electron chi connectivity index (χ0n) is 6.67. The SMILES string of the molecule is COc1ccc(C(=O)S)c(F)c1F. The number of carbonyl (C=O) groups excluding carboxylic acids is 1. The Hall–Kier alpha value is -1.10. The van der Waals surface area contributed by atoms with Crippen LogP contribution in [0.15, 0.2) is 12.1 Å². The fourth-order valence-electron chi connectivity index (χ4n) is 0.855. The number of methoxy groups -OCH3 is 1. The van der Waals surface area contributed by atoms with Crippen LogP contribution in [0.1, 0.15) is 10.4 Å². The lowest BCUT2D eigenvalue weighted by Gasteiger charge is -2.04. The lowest BCUT2D eigenvalue weighted by Crippen LogP contribution is -2.00. The first kappa shape index (κ1) is 9.98. The minimum Gasteiger partial charge on any atom is -0.494 e. The van der Waals surface area contributed by atoms with Crippen molar-refractivity contribution >= 4 is 17.7 Å². The second kappa shape index (κ2) is 3.74. The molecule has 0 heterocycles. The predicted octanol–water partition coefficient (Wildman–Crippen LogP) is 2.04. The number of benzene rings is 1. The fraction of sp³-hybridized carbons (Fsp3) is 0.125. The van der Waals surface area contributed by atoms with E-state index >= 15 is 0 Å². The molecule has 0 aliphatic heterocycles. The summed E-state index contributed by atoms with van der Waals surface area (Å²) in [6.45, 7) is 0. The van der Waals surface area contributed by atoms with Gasteiger partial charge in [-0.25, -0.2) is 4.39 Å². The normalized spacial score (nSPS) is 9.85. The molecule has 0 spiro atoms. The maximum absolute atomic E-state index is 13.0. The summed E-state index contributed by atoms with van der Waals surface area (Å²) in [4.78, 5) is 10.6. The Morgan fingerprint density at radius 2 is 2.00 bits per heavy atom. The van der Waals surface area contributed by atoms with Crippen LogP contribution in [0.5, 0.6) is 5.75 Å². The Kier molecular flexibility index (Phi) is 2.87. The van der Waals surface area contributed by atoms with Gasteiger partial charge in [0.15, 0.2) is 11.6 Å². The van der Waals surface area contributed by atoms with Crippen molar-refractivity contribution in [1.29, 1.82) is 0 Å². The van der Waals surface area contributed by atoms with Gasteiger partial charge in [0.25, 0.3) is 0 Å². The van der Waals surface area contributed by atoms with E-state index in [-0.39, 0.29) is 5.75 Å². The smallest absolute Gasteiger partial charge is 0.219 e. The Balaban J connectivity index is 3.31. The zero-order chi connectivity index (χ0) is 10.0. The topological polar surface area (TPSA) is 26.3 Å². The van der Waals surface area contributed by atoms with Crippen molar-refractivity contribution in [1.82, 2.24) is 0 Å². The molecular weight excluding hydrogens is 198 g/mol. The van der Waals surface area contributed by atoms with Crippen molar-refractivity contribution < 1.29 is 18.3 Å². The van der Waals surface area contributed by atoms with Crippen LogP contribution in [0.25, 0.3) is 0 Å². The first-order valence-electron chi connectivity index (χ1n) is 3.33. The monoisotopic (exact) mass is 204 g/mol. The highest BCUT2D eigenvalue weighted by molar-refractivity contribution is 7.97. The average molecular weight is 204 g/mol. The van der Waals surface area contributed by atoms with Gasteiger partial charge in [0.1, 0.15) is 0 Å². The third-order valence-electron chi connectivity index (χ3n) is 1.50. The van der Waals surface area contributed by atoms with Crippen molar-refractivity contribution in [3.63, 3.8) is 0 Å². The van der Waals surface area contributed by atoms with Crippen molar-refractivity contribution in [3.8, 4) is 5.75 Å². The van der Waals surface area contributed by atoms with Gasteiger partial charge in [-0.2, -0.15) is 4.39 Å². The van der Waals surface area contributed by atoms with E-state index in [1.807, 2.05) is 0 Å². The maximum atomic E-state index is 13.0. The molecule has 0 aliphatic carbocycles. The van der Waals surface area contributed by atoms with Crippen molar-refractivity contribution in [2.24, 2.45) is 0 Å². The summed E-state index contributed by atoms with van der Waals surface area (Å²) < 4.78 is 30.4. The number of rotatable bonds is 2. The molecule has 0 N–H and O–H groups in total. The molecule has 0 bridgehead atoms. The van der Waals surface area contributed by atoms with Crippen LogP contribution in [-0.4, -0.2) is 12.2 Å². The summed E-state index contributed by atoms with van der Waals surface area (Å²) in [5.74, 6) is -2.66. The Labute approximate surface area is 78.9 Å². The van der Waals surface area contributed by atoms with Crippen LogP contribution in [0.3, 0.4) is 0 Å². The third-order valence-corrected chi connectivity index (χ3v) is 1.74. The predicted molar refractivity (Wildman–Crippen MR) is 46.2 cm³/mol. The van der Waals surface area contributed by atoms with Crippen LogP contribution in [-0.2, 0) is 0 Å². The van der Waals surface area contributed by atoms with E-state index < -0.39 is 22.3 Å². The molecule has 0 saturated carbocycles. The summed E-state index contributed by atoms with van der Waals surface area (Å²) >= 11 is 3.38. The Bertz CT molecular complexity index is 352. The van der Waals surface area contributed by atoms with Crippen LogP contribution >= 0.6 is 12.6 Å². The highest BCUT2D eigenvalue weighted by Crippen LogP contribution is 2.22. The van der Waals surface area contributed by atoms with E-state index in [1.165, 1.54) is 13.2 Å². The number of hydrogen-bond donors (Lipinski definition) is 1. The fourth-order valence-corrected chi connectivity index (χ4v) is 1.03. The standard InChI is InChI=1S/C8H6F2O2S/c1-12-5-3-2-4(8(11)13)6(9)7(5)10/h2-3H,1H3,(H,11,13). The second-order valence-corrected chi connectivity index (χ2v) is 2.65. The van der Waals surface area contributed by atoms with E-state index in [0.29, 0.717) is 0 Å². The Morgan fingerprint density at radius 1 is 1.38 bits per heavy atom. The number of carbonyl (C=O) groups is 1. The van der Waals surface area contributed by atoms with Gasteiger partial charge in [-0.1, -0.05) is 0 Å². The average Bonchev–Trinajstić information content (AvgIpc) is 2.09. The van der Waals surface area contributed by atoms with Gasteiger partial charge in [-0.15, -0.1) is 12.6 Å². The largest absolute Gasteiger partial charge is 0.494 e. The van der Waals surface area contributed by atoms with Gasteiger partial charge in [0.2, 0.25) is 10.9 Å². The number of halogens is 2. The molecule has 2 nitrogen and oxygen atoms in total. The van der Waals surface area contributed by atoms with Crippen LogP contribution < -0.4 is 4.74 Å². The van der Waals surface area contributed by atoms with Crippen molar-refractivity contribution in [3.05, 3.63) is 29.3 Å². The molecule has 0 aromatic heterocycles. The first-order chi connectivity index (χ1) is 6.07. The van der Waals surface area contributed by atoms with Crippen LogP contribution in [0.4, 0.5) is 8.78 Å². The minimum absolute atomic E-state index is 0.240. The van der Waals surface area contributed by atoms with Gasteiger partial charge in [0.05, 0.1) is 12.7 Å². The number of hydrogen-bond acceptors (Lipinski definition) is 2. The second-order valence-electron chi connectivity index (χ2n) is 2.25. The van der Waals surface area contributed by atoms with Gasteiger partial charge >= 0.3 is 0 Å². The molecule has 1 aromatic carbocycles. The van der Waals surface area contributed by atoms with E-state index in [4.69, 9.17) is 0 Å². The minimum atomic E-state index is -1.24.